The lowest BCUT2D eigenvalue weighted by Gasteiger charge is -2.42. The van der Waals surface area contributed by atoms with Crippen LogP contribution in [0.25, 0.3) is 11.3 Å². The van der Waals surface area contributed by atoms with Crippen LogP contribution in [0.1, 0.15) is 26.7 Å². The molecule has 0 radical (unpaired) electrons. The van der Waals surface area contributed by atoms with E-state index >= 15 is 0 Å². The fourth-order valence-electron chi connectivity index (χ4n) is 4.96. The first-order valence-corrected chi connectivity index (χ1v) is 12.2. The van der Waals surface area contributed by atoms with Crippen LogP contribution in [0, 0.1) is 11.6 Å². The summed E-state index contributed by atoms with van der Waals surface area (Å²) in [6.07, 6.45) is 2.20. The van der Waals surface area contributed by atoms with Crippen molar-refractivity contribution in [2.75, 3.05) is 40.9 Å². The average molecular weight is 484 g/mol. The molecule has 3 heterocycles. The van der Waals surface area contributed by atoms with Gasteiger partial charge in [0.2, 0.25) is 5.95 Å². The van der Waals surface area contributed by atoms with E-state index in [4.69, 9.17) is 21.6 Å². The first-order chi connectivity index (χ1) is 16.4. The monoisotopic (exact) mass is 483 g/mol. The fraction of sp³-hybridized carbons (Fsp3) is 0.385. The van der Waals surface area contributed by atoms with Crippen molar-refractivity contribution in [2.24, 2.45) is 0 Å². The lowest BCUT2D eigenvalue weighted by molar-refractivity contribution is 0.533. The lowest BCUT2D eigenvalue weighted by atomic mass is 10.1. The minimum atomic E-state index is -0.453. The van der Waals surface area contributed by atoms with Crippen LogP contribution in [-0.4, -0.2) is 48.2 Å². The maximum absolute atomic E-state index is 14.4. The van der Waals surface area contributed by atoms with Gasteiger partial charge in [-0.2, -0.15) is 4.98 Å². The van der Waals surface area contributed by atoms with Crippen LogP contribution in [-0.2, 0) is 0 Å². The van der Waals surface area contributed by atoms with Crippen LogP contribution in [0.15, 0.2) is 48.5 Å². The molecule has 3 aromatic rings. The predicted molar refractivity (Wildman–Crippen MR) is 134 cm³/mol. The summed E-state index contributed by atoms with van der Waals surface area (Å²) >= 11 is 6.08. The van der Waals surface area contributed by atoms with Crippen molar-refractivity contribution < 1.29 is 8.78 Å². The third-order valence-corrected chi connectivity index (χ3v) is 7.13. The Morgan fingerprint density at radius 3 is 2.41 bits per heavy atom. The molecular formula is C26H28ClF2N5. The van der Waals surface area contributed by atoms with Gasteiger partial charge in [-0.1, -0.05) is 23.7 Å². The van der Waals surface area contributed by atoms with Crippen LogP contribution in [0.2, 0.25) is 5.02 Å². The maximum Gasteiger partial charge on any atom is 0.228 e. The van der Waals surface area contributed by atoms with Gasteiger partial charge in [0.15, 0.2) is 0 Å². The highest BCUT2D eigenvalue weighted by molar-refractivity contribution is 6.31. The molecule has 2 fully saturated rings. The average Bonchev–Trinajstić information content (AvgIpc) is 3.26. The molecule has 0 spiro atoms. The smallest absolute Gasteiger partial charge is 0.228 e. The molecule has 2 aliphatic heterocycles. The molecule has 0 saturated carbocycles. The summed E-state index contributed by atoms with van der Waals surface area (Å²) in [5.41, 5.74) is 2.09. The Hall–Kier alpha value is -2.93. The highest BCUT2D eigenvalue weighted by atomic mass is 35.5. The number of rotatable bonds is 4. The van der Waals surface area contributed by atoms with Gasteiger partial charge in [0, 0.05) is 49.9 Å². The third kappa shape index (κ3) is 4.41. The third-order valence-electron chi connectivity index (χ3n) is 6.84. The van der Waals surface area contributed by atoms with Gasteiger partial charge < -0.3 is 14.7 Å². The zero-order valence-corrected chi connectivity index (χ0v) is 20.1. The number of hydrogen-bond acceptors (Lipinski definition) is 5. The number of nitrogens with zero attached hydrogens (tertiary/aromatic N) is 5. The molecule has 34 heavy (non-hydrogen) atoms. The van der Waals surface area contributed by atoms with E-state index < -0.39 is 5.82 Å². The van der Waals surface area contributed by atoms with Crippen molar-refractivity contribution in [3.63, 3.8) is 0 Å². The standard InChI is InChI=1S/C26H28ClF2N5/c1-17-6-5-11-34(17)26-30-23(19-9-10-21(28)20(27)14-19)15-25(31-26)33-13-12-32(16-18(33)2)24-8-4-3-7-22(24)29/h3-4,7-10,14-15,17-18H,5-6,11-13,16H2,1-2H3/t17-,18+/m0/s1. The van der Waals surface area contributed by atoms with Crippen molar-refractivity contribution in [3.05, 3.63) is 65.2 Å². The Morgan fingerprint density at radius 2 is 1.71 bits per heavy atom. The van der Waals surface area contributed by atoms with Crippen LogP contribution >= 0.6 is 11.6 Å². The molecule has 0 amide bonds. The highest BCUT2D eigenvalue weighted by Crippen LogP contribution is 2.32. The maximum atomic E-state index is 14.4. The molecule has 5 rings (SSSR count). The van der Waals surface area contributed by atoms with Crippen molar-refractivity contribution >= 4 is 29.1 Å². The Bertz CT molecular complexity index is 1190. The highest BCUT2D eigenvalue weighted by Gasteiger charge is 2.29. The summed E-state index contributed by atoms with van der Waals surface area (Å²) < 4.78 is 28.2. The molecule has 5 nitrogen and oxygen atoms in total. The zero-order valence-electron chi connectivity index (χ0n) is 19.4. The molecule has 8 heteroatoms. The van der Waals surface area contributed by atoms with Gasteiger partial charge in [-0.25, -0.2) is 13.8 Å². The quantitative estimate of drug-likeness (QED) is 0.470. The van der Waals surface area contributed by atoms with E-state index in [0.717, 1.165) is 30.8 Å². The van der Waals surface area contributed by atoms with Gasteiger partial charge >= 0.3 is 0 Å². The molecule has 2 atom stereocenters. The molecule has 2 saturated heterocycles. The van der Waals surface area contributed by atoms with E-state index in [9.17, 15) is 8.78 Å². The van der Waals surface area contributed by atoms with Gasteiger partial charge in [-0.3, -0.25) is 0 Å². The topological polar surface area (TPSA) is 35.5 Å². The summed E-state index contributed by atoms with van der Waals surface area (Å²) in [5, 5.41) is 0.0700. The Morgan fingerprint density at radius 1 is 0.882 bits per heavy atom. The van der Waals surface area contributed by atoms with Gasteiger partial charge in [-0.15, -0.1) is 0 Å². The largest absolute Gasteiger partial charge is 0.365 e. The van der Waals surface area contributed by atoms with Gasteiger partial charge in [0.25, 0.3) is 0 Å². The zero-order chi connectivity index (χ0) is 23.8. The molecule has 0 bridgehead atoms. The summed E-state index contributed by atoms with van der Waals surface area (Å²) in [4.78, 5) is 16.4. The minimum Gasteiger partial charge on any atom is -0.365 e. The molecule has 1 aromatic heterocycles. The van der Waals surface area contributed by atoms with Crippen molar-refractivity contribution in [3.8, 4) is 11.3 Å². The first kappa shape index (κ1) is 22.8. The van der Waals surface area contributed by atoms with Gasteiger partial charge in [0.1, 0.15) is 17.5 Å². The molecule has 2 aliphatic rings. The molecule has 0 N–H and O–H groups in total. The Balaban J connectivity index is 1.49. The van der Waals surface area contributed by atoms with E-state index in [2.05, 4.69) is 28.5 Å². The van der Waals surface area contributed by atoms with Crippen LogP contribution in [0.4, 0.5) is 26.2 Å². The van der Waals surface area contributed by atoms with E-state index in [-0.39, 0.29) is 16.9 Å². The van der Waals surface area contributed by atoms with Crippen LogP contribution in [0.3, 0.4) is 0 Å². The van der Waals surface area contributed by atoms with Crippen LogP contribution in [0.5, 0.6) is 0 Å². The first-order valence-electron chi connectivity index (χ1n) is 11.8. The second-order valence-electron chi connectivity index (χ2n) is 9.16. The molecular weight excluding hydrogens is 456 g/mol. The molecule has 2 aromatic carbocycles. The molecule has 178 valence electrons. The number of halogens is 3. The predicted octanol–water partition coefficient (Wildman–Crippen LogP) is 5.78. The second kappa shape index (κ2) is 9.37. The normalized spacial score (nSPS) is 20.8. The lowest BCUT2D eigenvalue weighted by Crippen LogP contribution is -2.52. The van der Waals surface area contributed by atoms with Crippen molar-refractivity contribution in [1.29, 1.82) is 0 Å². The van der Waals surface area contributed by atoms with E-state index in [0.29, 0.717) is 43.0 Å². The summed E-state index contributed by atoms with van der Waals surface area (Å²) in [6.45, 7) is 7.28. The number of piperazine rings is 1. The Labute approximate surface area is 204 Å². The molecule has 0 unspecified atom stereocenters. The minimum absolute atomic E-state index is 0.0700. The van der Waals surface area contributed by atoms with Gasteiger partial charge in [-0.05, 0) is 57.0 Å². The number of hydrogen-bond donors (Lipinski definition) is 0. The summed E-state index contributed by atoms with van der Waals surface area (Å²) in [6, 6.07) is 14.0. The fourth-order valence-corrected chi connectivity index (χ4v) is 5.14. The summed E-state index contributed by atoms with van der Waals surface area (Å²) in [5.74, 6) is 0.846. The van der Waals surface area contributed by atoms with Crippen molar-refractivity contribution in [2.45, 2.75) is 38.8 Å². The van der Waals surface area contributed by atoms with E-state index in [1.54, 1.807) is 18.2 Å². The summed E-state index contributed by atoms with van der Waals surface area (Å²) in [7, 11) is 0. The molecule has 0 aliphatic carbocycles. The van der Waals surface area contributed by atoms with E-state index in [1.807, 2.05) is 18.2 Å². The number of para-hydroxylation sites is 1. The van der Waals surface area contributed by atoms with Gasteiger partial charge in [0.05, 0.1) is 16.4 Å². The van der Waals surface area contributed by atoms with Crippen molar-refractivity contribution in [1.82, 2.24) is 9.97 Å². The number of anilines is 3. The second-order valence-corrected chi connectivity index (χ2v) is 9.57. The number of aromatic nitrogens is 2. The van der Waals surface area contributed by atoms with Crippen LogP contribution < -0.4 is 14.7 Å². The Kier molecular flexibility index (Phi) is 6.30. The SMILES string of the molecule is C[C@@H]1CN(c2ccccc2F)CCN1c1cc(-c2ccc(F)c(Cl)c2)nc(N2CCC[C@@H]2C)n1. The van der Waals surface area contributed by atoms with E-state index in [1.165, 1.54) is 12.1 Å². The number of benzene rings is 2.